The number of nitro groups is 1. The van der Waals surface area contributed by atoms with Crippen LogP contribution in [0.15, 0.2) is 59.2 Å². The maximum absolute atomic E-state index is 13.0. The van der Waals surface area contributed by atoms with Crippen LogP contribution in [0.3, 0.4) is 0 Å². The van der Waals surface area contributed by atoms with Gasteiger partial charge in [-0.3, -0.25) is 19.9 Å². The van der Waals surface area contributed by atoms with Crippen molar-refractivity contribution in [3.63, 3.8) is 0 Å². The number of non-ortho nitro benzene ring substituents is 1. The van der Waals surface area contributed by atoms with Crippen LogP contribution in [-0.4, -0.2) is 60.2 Å². The van der Waals surface area contributed by atoms with Crippen LogP contribution in [0.4, 0.5) is 5.69 Å². The molecule has 0 aliphatic carbocycles. The fourth-order valence-corrected chi connectivity index (χ4v) is 4.07. The van der Waals surface area contributed by atoms with E-state index in [1.54, 1.807) is 37.6 Å². The minimum absolute atomic E-state index is 0.0165. The highest BCUT2D eigenvalue weighted by Gasteiger charge is 2.32. The fraction of sp³-hybridized carbons (Fsp3) is 0.348. The second-order valence-electron chi connectivity index (χ2n) is 8.12. The summed E-state index contributed by atoms with van der Waals surface area (Å²) in [5.41, 5.74) is 1.36. The number of carbonyl (C=O) groups is 1. The summed E-state index contributed by atoms with van der Waals surface area (Å²) in [4.78, 5) is 26.5. The number of nitrogens with one attached hydrogen (secondary N) is 1. The van der Waals surface area contributed by atoms with Gasteiger partial charge in [0.25, 0.3) is 5.69 Å². The number of hydrogen-bond donors (Lipinski definition) is 2. The van der Waals surface area contributed by atoms with Crippen molar-refractivity contribution < 1.29 is 28.9 Å². The van der Waals surface area contributed by atoms with Gasteiger partial charge in [-0.25, -0.2) is 4.79 Å². The molecule has 2 unspecified atom stereocenters. The topological polar surface area (TPSA) is 110 Å². The summed E-state index contributed by atoms with van der Waals surface area (Å²) in [5.74, 6) is 0.351. The molecule has 4 rings (SSSR count). The van der Waals surface area contributed by atoms with E-state index in [1.807, 2.05) is 12.1 Å². The number of amides is 1. The SMILES string of the molecule is C[NH+](C(=O)COc1ccc2ccoc2c1)C(CN1CC[C@H](O)C1)c1cccc([N+](=O)[O-])c1. The molecule has 1 amide bonds. The van der Waals surface area contributed by atoms with Crippen LogP contribution in [-0.2, 0) is 4.79 Å². The largest absolute Gasteiger partial charge is 0.479 e. The van der Waals surface area contributed by atoms with Crippen molar-refractivity contribution in [2.45, 2.75) is 18.6 Å². The van der Waals surface area contributed by atoms with E-state index in [-0.39, 0.29) is 24.2 Å². The first-order valence-corrected chi connectivity index (χ1v) is 10.5. The minimum Gasteiger partial charge on any atom is -0.479 e. The first-order chi connectivity index (χ1) is 15.4. The van der Waals surface area contributed by atoms with Crippen molar-refractivity contribution >= 4 is 22.6 Å². The van der Waals surface area contributed by atoms with E-state index in [1.165, 1.54) is 12.1 Å². The third-order valence-corrected chi connectivity index (χ3v) is 5.93. The number of quaternary nitrogens is 1. The van der Waals surface area contributed by atoms with Crippen molar-refractivity contribution in [1.29, 1.82) is 0 Å². The molecule has 2 aromatic carbocycles. The monoisotopic (exact) mass is 440 g/mol. The molecule has 1 saturated heterocycles. The molecule has 2 N–H and O–H groups in total. The van der Waals surface area contributed by atoms with E-state index < -0.39 is 11.0 Å². The number of furan rings is 1. The highest BCUT2D eigenvalue weighted by atomic mass is 16.6. The minimum atomic E-state index is -0.439. The fourth-order valence-electron chi connectivity index (χ4n) is 4.07. The third-order valence-electron chi connectivity index (χ3n) is 5.93. The van der Waals surface area contributed by atoms with Crippen molar-refractivity contribution in [2.75, 3.05) is 33.3 Å². The van der Waals surface area contributed by atoms with E-state index in [2.05, 4.69) is 4.90 Å². The number of rotatable bonds is 8. The van der Waals surface area contributed by atoms with Gasteiger partial charge in [-0.1, -0.05) is 12.1 Å². The van der Waals surface area contributed by atoms with Gasteiger partial charge in [0.1, 0.15) is 17.4 Å². The second-order valence-corrected chi connectivity index (χ2v) is 8.12. The average Bonchev–Trinajstić information content (AvgIpc) is 3.43. The van der Waals surface area contributed by atoms with Crippen LogP contribution >= 0.6 is 0 Å². The Kier molecular flexibility index (Phi) is 6.50. The quantitative estimate of drug-likeness (QED) is 0.404. The summed E-state index contributed by atoms with van der Waals surface area (Å²) in [6.07, 6.45) is 1.88. The number of aliphatic hydroxyl groups is 1. The smallest absolute Gasteiger partial charge is 0.350 e. The first kappa shape index (κ1) is 21.9. The lowest BCUT2D eigenvalue weighted by Gasteiger charge is -2.27. The lowest BCUT2D eigenvalue weighted by molar-refractivity contribution is -0.833. The number of benzene rings is 2. The van der Waals surface area contributed by atoms with Gasteiger partial charge in [-0.15, -0.1) is 0 Å². The summed E-state index contributed by atoms with van der Waals surface area (Å²) in [5, 5.41) is 22.1. The number of β-amino-alcohol motifs (C(OH)–C–C–N with tert-alkyl or cyclic N) is 1. The first-order valence-electron chi connectivity index (χ1n) is 10.5. The standard InChI is InChI=1S/C23H25N3O6/c1-24(23(28)15-32-20-6-5-16-8-10-31-22(16)12-20)21(14-25-9-7-19(27)13-25)17-3-2-4-18(11-17)26(29)30/h2-6,8,10-12,19,21,27H,7,9,13-15H2,1H3/p+1/t19-,21?/m0/s1. The van der Waals surface area contributed by atoms with Crippen LogP contribution in [0.5, 0.6) is 5.75 Å². The summed E-state index contributed by atoms with van der Waals surface area (Å²) in [7, 11) is 1.75. The number of ether oxygens (including phenoxy) is 1. The Morgan fingerprint density at radius 2 is 2.19 bits per heavy atom. The Balaban J connectivity index is 1.50. The number of hydrogen-bond acceptors (Lipinski definition) is 7. The molecular formula is C23H26N3O6+. The number of nitro benzene ring substituents is 1. The Bertz CT molecular complexity index is 1110. The zero-order chi connectivity index (χ0) is 22.7. The molecule has 0 spiro atoms. The van der Waals surface area contributed by atoms with Crippen LogP contribution < -0.4 is 9.64 Å². The van der Waals surface area contributed by atoms with E-state index >= 15 is 0 Å². The zero-order valence-electron chi connectivity index (χ0n) is 17.8. The molecule has 32 heavy (non-hydrogen) atoms. The van der Waals surface area contributed by atoms with Crippen LogP contribution in [0, 0.1) is 10.1 Å². The van der Waals surface area contributed by atoms with Gasteiger partial charge < -0.3 is 14.3 Å². The third kappa shape index (κ3) is 4.96. The number of likely N-dealkylation sites (N-methyl/N-ethyl adjacent to an activating group) is 1. The maximum atomic E-state index is 13.0. The summed E-state index contributed by atoms with van der Waals surface area (Å²) in [6, 6.07) is 13.3. The van der Waals surface area contributed by atoms with E-state index in [9.17, 15) is 20.0 Å². The lowest BCUT2D eigenvalue weighted by atomic mass is 10.0. The predicted molar refractivity (Wildman–Crippen MR) is 117 cm³/mol. The number of aliphatic hydroxyl groups excluding tert-OH is 1. The van der Waals surface area contributed by atoms with Crippen LogP contribution in [0.25, 0.3) is 11.0 Å². The molecule has 168 valence electrons. The average molecular weight is 440 g/mol. The molecule has 1 aliphatic rings. The Labute approximate surface area is 184 Å². The number of fused-ring (bicyclic) bond motifs is 1. The molecule has 1 aliphatic heterocycles. The van der Waals surface area contributed by atoms with Crippen molar-refractivity contribution in [1.82, 2.24) is 4.90 Å². The predicted octanol–water partition coefficient (Wildman–Crippen LogP) is 1.57. The van der Waals surface area contributed by atoms with Gasteiger partial charge in [-0.2, -0.15) is 0 Å². The highest BCUT2D eigenvalue weighted by molar-refractivity contribution is 5.78. The van der Waals surface area contributed by atoms with Gasteiger partial charge in [-0.05, 0) is 24.6 Å². The number of carbonyl (C=O) groups excluding carboxylic acids is 1. The maximum Gasteiger partial charge on any atom is 0.350 e. The second kappa shape index (κ2) is 9.47. The van der Waals surface area contributed by atoms with E-state index in [4.69, 9.17) is 9.15 Å². The van der Waals surface area contributed by atoms with Gasteiger partial charge in [0.2, 0.25) is 6.61 Å². The summed E-state index contributed by atoms with van der Waals surface area (Å²) < 4.78 is 11.1. The molecule has 0 radical (unpaired) electrons. The van der Waals surface area contributed by atoms with Crippen LogP contribution in [0.2, 0.25) is 0 Å². The molecule has 0 saturated carbocycles. The lowest BCUT2D eigenvalue weighted by Crippen LogP contribution is -3.13. The molecule has 2 heterocycles. The molecule has 1 fully saturated rings. The highest BCUT2D eigenvalue weighted by Crippen LogP contribution is 2.22. The molecule has 3 atom stereocenters. The molecule has 1 aromatic heterocycles. The Morgan fingerprint density at radius 3 is 2.94 bits per heavy atom. The van der Waals surface area contributed by atoms with Crippen molar-refractivity contribution in [3.05, 3.63) is 70.5 Å². The zero-order valence-corrected chi connectivity index (χ0v) is 17.8. The summed E-state index contributed by atoms with van der Waals surface area (Å²) >= 11 is 0. The number of likely N-dealkylation sites (tertiary alicyclic amines) is 1. The molecule has 0 bridgehead atoms. The molecule has 9 nitrogen and oxygen atoms in total. The van der Waals surface area contributed by atoms with Gasteiger partial charge in [0, 0.05) is 42.2 Å². The number of nitrogens with zero attached hydrogens (tertiary/aromatic N) is 2. The summed E-state index contributed by atoms with van der Waals surface area (Å²) in [6.45, 7) is 1.58. The molecule has 9 heteroatoms. The van der Waals surface area contributed by atoms with Gasteiger partial charge in [0.05, 0.1) is 30.9 Å². The van der Waals surface area contributed by atoms with Gasteiger partial charge in [0.15, 0.2) is 0 Å². The van der Waals surface area contributed by atoms with E-state index in [0.29, 0.717) is 47.9 Å². The van der Waals surface area contributed by atoms with Gasteiger partial charge >= 0.3 is 5.91 Å². The Morgan fingerprint density at radius 1 is 1.34 bits per heavy atom. The normalized spacial score (nSPS) is 18.5. The van der Waals surface area contributed by atoms with Crippen LogP contribution in [0.1, 0.15) is 18.0 Å². The molecule has 3 aromatic rings. The van der Waals surface area contributed by atoms with Crippen molar-refractivity contribution in [2.24, 2.45) is 0 Å². The Hall–Kier alpha value is -3.27. The van der Waals surface area contributed by atoms with E-state index in [0.717, 1.165) is 5.39 Å². The van der Waals surface area contributed by atoms with Crippen molar-refractivity contribution in [3.8, 4) is 5.75 Å². The molecular weight excluding hydrogens is 414 g/mol.